The van der Waals surface area contributed by atoms with E-state index in [1.165, 1.54) is 0 Å². The Bertz CT molecular complexity index is 100. The Morgan fingerprint density at radius 1 is 1.75 bits per heavy atom. The zero-order valence-electron chi connectivity index (χ0n) is 4.28. The second kappa shape index (κ2) is 2.07. The molecule has 0 aromatic carbocycles. The zero-order valence-corrected chi connectivity index (χ0v) is 4.28. The van der Waals surface area contributed by atoms with E-state index in [9.17, 15) is 18.7 Å². The van der Waals surface area contributed by atoms with Crippen LogP contribution in [0.15, 0.2) is 0 Å². The van der Waals surface area contributed by atoms with E-state index in [1.807, 2.05) is 0 Å². The van der Waals surface area contributed by atoms with Crippen LogP contribution in [0.3, 0.4) is 0 Å². The molecule has 0 spiro atoms. The Morgan fingerprint density at radius 3 is 2.12 bits per heavy atom. The van der Waals surface area contributed by atoms with Gasteiger partial charge >= 0.3 is 5.97 Å². The maximum Gasteiger partial charge on any atom is 0.394 e. The van der Waals surface area contributed by atoms with Crippen LogP contribution in [0.2, 0.25) is 0 Å². The Kier molecular flexibility index (Phi) is 1.89. The van der Waals surface area contributed by atoms with Crippen molar-refractivity contribution < 1.29 is 18.7 Å². The SMILES string of the molecule is C[C@](F)(CF)C([O])=O. The normalized spacial score (nSPS) is 17.4. The lowest BCUT2D eigenvalue weighted by atomic mass is 10.2. The quantitative estimate of drug-likeness (QED) is 0.530. The maximum atomic E-state index is 11.9. The molecule has 0 rings (SSSR count). The Hall–Kier alpha value is -0.670. The molecule has 0 N–H and O–H groups in total. The van der Waals surface area contributed by atoms with Gasteiger partial charge in [0.2, 0.25) is 5.67 Å². The highest BCUT2D eigenvalue weighted by molar-refractivity contribution is 5.76. The fourth-order valence-corrected chi connectivity index (χ4v) is 0.0546. The van der Waals surface area contributed by atoms with Gasteiger partial charge in [-0.05, 0) is 6.92 Å². The third kappa shape index (κ3) is 1.44. The van der Waals surface area contributed by atoms with Crippen molar-refractivity contribution in [1.82, 2.24) is 0 Å². The first-order chi connectivity index (χ1) is 3.50. The van der Waals surface area contributed by atoms with Gasteiger partial charge in [-0.25, -0.2) is 18.7 Å². The van der Waals surface area contributed by atoms with Crippen LogP contribution in [-0.2, 0) is 9.90 Å². The highest BCUT2D eigenvalue weighted by Gasteiger charge is 2.34. The van der Waals surface area contributed by atoms with E-state index >= 15 is 0 Å². The molecular weight excluding hydrogens is 118 g/mol. The van der Waals surface area contributed by atoms with Gasteiger partial charge in [0.15, 0.2) is 0 Å². The van der Waals surface area contributed by atoms with E-state index in [4.69, 9.17) is 0 Å². The maximum absolute atomic E-state index is 11.9. The average molecular weight is 123 g/mol. The molecule has 0 amide bonds. The molecule has 4 heteroatoms. The van der Waals surface area contributed by atoms with Crippen molar-refractivity contribution in [3.05, 3.63) is 0 Å². The molecule has 1 atom stereocenters. The van der Waals surface area contributed by atoms with Gasteiger partial charge in [-0.3, -0.25) is 0 Å². The smallest absolute Gasteiger partial charge is 0.247 e. The van der Waals surface area contributed by atoms with Gasteiger partial charge in [-0.1, -0.05) is 0 Å². The van der Waals surface area contributed by atoms with Crippen molar-refractivity contribution in [3.63, 3.8) is 0 Å². The molecule has 0 saturated carbocycles. The monoisotopic (exact) mass is 123 g/mol. The van der Waals surface area contributed by atoms with Gasteiger partial charge in [0.25, 0.3) is 0 Å². The molecule has 0 aliphatic carbocycles. The van der Waals surface area contributed by atoms with Crippen molar-refractivity contribution in [2.45, 2.75) is 12.6 Å². The second-order valence-electron chi connectivity index (χ2n) is 1.62. The van der Waals surface area contributed by atoms with E-state index < -0.39 is 18.3 Å². The third-order valence-electron chi connectivity index (χ3n) is 0.677. The number of rotatable bonds is 2. The summed E-state index contributed by atoms with van der Waals surface area (Å²) in [6.07, 6.45) is 0. The first-order valence-corrected chi connectivity index (χ1v) is 1.97. The lowest BCUT2D eigenvalue weighted by Crippen LogP contribution is -2.30. The van der Waals surface area contributed by atoms with Crippen LogP contribution >= 0.6 is 0 Å². The predicted molar refractivity (Wildman–Crippen MR) is 21.2 cm³/mol. The molecule has 0 fully saturated rings. The molecule has 0 aliphatic heterocycles. The van der Waals surface area contributed by atoms with Crippen molar-refractivity contribution >= 4 is 5.97 Å². The Balaban J connectivity index is 3.91. The molecule has 8 heavy (non-hydrogen) atoms. The van der Waals surface area contributed by atoms with E-state index in [-0.39, 0.29) is 0 Å². The van der Waals surface area contributed by atoms with E-state index in [0.717, 1.165) is 0 Å². The lowest BCUT2D eigenvalue weighted by Gasteiger charge is -2.04. The predicted octanol–water partition coefficient (Wildman–Crippen LogP) is 0.641. The van der Waals surface area contributed by atoms with Crippen LogP contribution in [0, 0.1) is 0 Å². The average Bonchev–Trinajstić information content (AvgIpc) is 1.67. The summed E-state index contributed by atoms with van der Waals surface area (Å²) < 4.78 is 23.1. The van der Waals surface area contributed by atoms with Gasteiger partial charge in [-0.2, -0.15) is 0 Å². The largest absolute Gasteiger partial charge is 0.394 e. The minimum absolute atomic E-state index is 0.613. The van der Waals surface area contributed by atoms with E-state index in [0.29, 0.717) is 6.92 Å². The number of carbonyl (C=O) groups is 1. The summed E-state index contributed by atoms with van der Waals surface area (Å²) in [5.74, 6) is -2.01. The number of hydrogen-bond acceptors (Lipinski definition) is 1. The van der Waals surface area contributed by atoms with Crippen molar-refractivity contribution in [3.8, 4) is 0 Å². The molecule has 1 radical (unpaired) electrons. The number of carbonyl (C=O) groups excluding carboxylic acids is 1. The molecular formula is C4H5F2O2. The van der Waals surface area contributed by atoms with E-state index in [1.54, 1.807) is 0 Å². The standard InChI is InChI=1S/C4H5F2O2/c1-4(6,2-5)3(7)8/h2H2,1H3/t4-/m0/s1. The first kappa shape index (κ1) is 7.33. The van der Waals surface area contributed by atoms with Gasteiger partial charge in [0.1, 0.15) is 6.67 Å². The van der Waals surface area contributed by atoms with Gasteiger partial charge in [-0.15, -0.1) is 0 Å². The molecule has 2 nitrogen and oxygen atoms in total. The molecule has 0 aromatic rings. The topological polar surface area (TPSA) is 37.0 Å². The summed E-state index contributed by atoms with van der Waals surface area (Å²) in [6.45, 7) is -0.933. The number of alkyl halides is 2. The minimum atomic E-state index is -2.82. The second-order valence-corrected chi connectivity index (χ2v) is 1.62. The number of hydrogen-bond donors (Lipinski definition) is 0. The van der Waals surface area contributed by atoms with Crippen LogP contribution in [0.1, 0.15) is 6.92 Å². The van der Waals surface area contributed by atoms with Crippen LogP contribution in [0.4, 0.5) is 8.78 Å². The highest BCUT2D eigenvalue weighted by Crippen LogP contribution is 2.09. The summed E-state index contributed by atoms with van der Waals surface area (Å²) in [6, 6.07) is 0. The van der Waals surface area contributed by atoms with Gasteiger partial charge in [0, 0.05) is 0 Å². The van der Waals surface area contributed by atoms with Crippen molar-refractivity contribution in [2.24, 2.45) is 0 Å². The van der Waals surface area contributed by atoms with Crippen molar-refractivity contribution in [2.75, 3.05) is 6.67 Å². The Labute approximate surface area is 45.1 Å². The summed E-state index contributed by atoms with van der Waals surface area (Å²) in [5, 5.41) is 9.53. The van der Waals surface area contributed by atoms with Crippen LogP contribution in [0.25, 0.3) is 0 Å². The van der Waals surface area contributed by atoms with Crippen LogP contribution < -0.4 is 0 Å². The molecule has 0 bridgehead atoms. The Morgan fingerprint density at radius 2 is 2.12 bits per heavy atom. The van der Waals surface area contributed by atoms with Crippen LogP contribution in [0.5, 0.6) is 0 Å². The first-order valence-electron chi connectivity index (χ1n) is 1.97. The molecule has 0 unspecified atom stereocenters. The summed E-state index contributed by atoms with van der Waals surface area (Å²) >= 11 is 0. The summed E-state index contributed by atoms with van der Waals surface area (Å²) in [5.41, 5.74) is -2.82. The molecule has 0 heterocycles. The zero-order chi connectivity index (χ0) is 6.78. The van der Waals surface area contributed by atoms with Gasteiger partial charge < -0.3 is 0 Å². The molecule has 47 valence electrons. The molecule has 0 aliphatic rings. The molecule has 0 aromatic heterocycles. The van der Waals surface area contributed by atoms with E-state index in [2.05, 4.69) is 0 Å². The third-order valence-corrected chi connectivity index (χ3v) is 0.677. The van der Waals surface area contributed by atoms with Crippen molar-refractivity contribution in [1.29, 1.82) is 0 Å². The lowest BCUT2D eigenvalue weighted by molar-refractivity contribution is -0.157. The fourth-order valence-electron chi connectivity index (χ4n) is 0.0546. The molecule has 0 saturated heterocycles. The summed E-state index contributed by atoms with van der Waals surface area (Å²) in [7, 11) is 0. The summed E-state index contributed by atoms with van der Waals surface area (Å²) in [4.78, 5) is 9.53. The number of halogens is 2. The minimum Gasteiger partial charge on any atom is -0.247 e. The fraction of sp³-hybridized carbons (Fsp3) is 0.750. The van der Waals surface area contributed by atoms with Gasteiger partial charge in [0.05, 0.1) is 0 Å². The highest BCUT2D eigenvalue weighted by atomic mass is 19.2. The van der Waals surface area contributed by atoms with Crippen LogP contribution in [-0.4, -0.2) is 18.3 Å².